The number of benzene rings is 2. The van der Waals surface area contributed by atoms with Crippen LogP contribution >= 0.6 is 11.6 Å². The number of methoxy groups -OCH3 is 1. The first-order chi connectivity index (χ1) is 10.0. The summed E-state index contributed by atoms with van der Waals surface area (Å²) in [4.78, 5) is 14.3. The fraction of sp³-hybridized carbons (Fsp3) is 0.188. The van der Waals surface area contributed by atoms with E-state index in [4.69, 9.17) is 22.1 Å². The van der Waals surface area contributed by atoms with Crippen molar-refractivity contribution in [3.63, 3.8) is 0 Å². The van der Waals surface area contributed by atoms with E-state index in [-0.39, 0.29) is 5.91 Å². The third-order valence-corrected chi connectivity index (χ3v) is 4.16. The molecule has 0 aliphatic carbocycles. The summed E-state index contributed by atoms with van der Waals surface area (Å²) in [6, 6.07) is 8.98. The monoisotopic (exact) mass is 302 g/mol. The molecule has 4 nitrogen and oxygen atoms in total. The first kappa shape index (κ1) is 13.8. The van der Waals surface area contributed by atoms with E-state index in [0.29, 0.717) is 34.3 Å². The molecule has 0 spiro atoms. The van der Waals surface area contributed by atoms with E-state index in [0.717, 1.165) is 11.1 Å². The number of halogens is 1. The zero-order valence-corrected chi connectivity index (χ0v) is 12.6. The molecule has 2 N–H and O–H groups in total. The minimum Gasteiger partial charge on any atom is -0.495 e. The standard InChI is InChI=1S/C16H15ClN2O2/c1-9-6-14(15(21-2)7-12(9)17)19-8-11-10(16(19)20)4-3-5-13(11)18/h3-7H,8,18H2,1-2H3. The van der Waals surface area contributed by atoms with Gasteiger partial charge in [0, 0.05) is 27.9 Å². The molecule has 1 aliphatic heterocycles. The Morgan fingerprint density at radius 1 is 1.33 bits per heavy atom. The van der Waals surface area contributed by atoms with Crippen LogP contribution in [0.4, 0.5) is 11.4 Å². The molecular formula is C16H15ClN2O2. The summed E-state index contributed by atoms with van der Waals surface area (Å²) in [5, 5.41) is 0.610. The molecule has 0 aromatic heterocycles. The second-order valence-corrected chi connectivity index (χ2v) is 5.45. The highest BCUT2D eigenvalue weighted by Gasteiger charge is 2.31. The number of amides is 1. The van der Waals surface area contributed by atoms with Crippen LogP contribution in [0, 0.1) is 6.92 Å². The van der Waals surface area contributed by atoms with Gasteiger partial charge in [-0.1, -0.05) is 17.7 Å². The Balaban J connectivity index is 2.10. The highest BCUT2D eigenvalue weighted by Crippen LogP contribution is 2.39. The van der Waals surface area contributed by atoms with Gasteiger partial charge < -0.3 is 15.4 Å². The lowest BCUT2D eigenvalue weighted by Crippen LogP contribution is -2.23. The first-order valence-corrected chi connectivity index (χ1v) is 6.94. The van der Waals surface area contributed by atoms with Crippen molar-refractivity contribution in [2.75, 3.05) is 17.7 Å². The van der Waals surface area contributed by atoms with E-state index in [1.54, 1.807) is 36.3 Å². The summed E-state index contributed by atoms with van der Waals surface area (Å²) >= 11 is 6.12. The van der Waals surface area contributed by atoms with E-state index in [1.165, 1.54) is 0 Å². The van der Waals surface area contributed by atoms with Crippen LogP contribution in [-0.2, 0) is 6.54 Å². The van der Waals surface area contributed by atoms with E-state index < -0.39 is 0 Å². The quantitative estimate of drug-likeness (QED) is 0.865. The maximum Gasteiger partial charge on any atom is 0.259 e. The van der Waals surface area contributed by atoms with Crippen molar-refractivity contribution in [2.45, 2.75) is 13.5 Å². The van der Waals surface area contributed by atoms with Crippen molar-refractivity contribution in [3.8, 4) is 5.75 Å². The average molecular weight is 303 g/mol. The molecule has 0 unspecified atom stereocenters. The molecule has 0 bridgehead atoms. The molecule has 0 atom stereocenters. The Labute approximate surface area is 128 Å². The molecule has 0 radical (unpaired) electrons. The zero-order chi connectivity index (χ0) is 15.1. The van der Waals surface area contributed by atoms with Crippen LogP contribution in [-0.4, -0.2) is 13.0 Å². The molecule has 3 rings (SSSR count). The third kappa shape index (κ3) is 2.12. The lowest BCUT2D eigenvalue weighted by atomic mass is 10.1. The normalized spacial score (nSPS) is 13.5. The molecule has 1 amide bonds. The van der Waals surface area contributed by atoms with Crippen molar-refractivity contribution >= 4 is 28.9 Å². The van der Waals surface area contributed by atoms with Crippen molar-refractivity contribution in [3.05, 3.63) is 52.0 Å². The molecule has 5 heteroatoms. The Morgan fingerprint density at radius 3 is 2.76 bits per heavy atom. The minimum atomic E-state index is -0.0719. The fourth-order valence-corrected chi connectivity index (χ4v) is 2.73. The summed E-state index contributed by atoms with van der Waals surface area (Å²) in [6.07, 6.45) is 0. The summed E-state index contributed by atoms with van der Waals surface area (Å²) in [6.45, 7) is 2.34. The maximum atomic E-state index is 12.6. The SMILES string of the molecule is COc1cc(Cl)c(C)cc1N1Cc2c(N)cccc2C1=O. The van der Waals surface area contributed by atoms with Gasteiger partial charge in [0.1, 0.15) is 5.75 Å². The predicted molar refractivity (Wildman–Crippen MR) is 84.1 cm³/mol. The van der Waals surface area contributed by atoms with Gasteiger partial charge in [-0.15, -0.1) is 0 Å². The van der Waals surface area contributed by atoms with Crippen LogP contribution in [0.3, 0.4) is 0 Å². The van der Waals surface area contributed by atoms with Crippen LogP contribution in [0.1, 0.15) is 21.5 Å². The number of carbonyl (C=O) groups is 1. The van der Waals surface area contributed by atoms with E-state index >= 15 is 0 Å². The summed E-state index contributed by atoms with van der Waals surface area (Å²) in [7, 11) is 1.56. The van der Waals surface area contributed by atoms with Gasteiger partial charge in [-0.3, -0.25) is 4.79 Å². The third-order valence-electron chi connectivity index (χ3n) is 3.75. The van der Waals surface area contributed by atoms with Crippen LogP contribution in [0.2, 0.25) is 5.02 Å². The van der Waals surface area contributed by atoms with Crippen molar-refractivity contribution < 1.29 is 9.53 Å². The minimum absolute atomic E-state index is 0.0719. The predicted octanol–water partition coefficient (Wildman–Crippen LogP) is 3.40. The second-order valence-electron chi connectivity index (χ2n) is 5.04. The van der Waals surface area contributed by atoms with Gasteiger partial charge in [-0.05, 0) is 30.7 Å². The number of nitrogens with zero attached hydrogens (tertiary/aromatic N) is 1. The molecule has 1 aliphatic rings. The van der Waals surface area contributed by atoms with Gasteiger partial charge in [0.2, 0.25) is 0 Å². The van der Waals surface area contributed by atoms with E-state index in [9.17, 15) is 4.79 Å². The lowest BCUT2D eigenvalue weighted by molar-refractivity contribution is 0.0996. The van der Waals surface area contributed by atoms with E-state index in [1.807, 2.05) is 13.0 Å². The number of rotatable bonds is 2. The van der Waals surface area contributed by atoms with Gasteiger partial charge in [0.25, 0.3) is 5.91 Å². The second kappa shape index (κ2) is 4.97. The number of hydrogen-bond donors (Lipinski definition) is 1. The molecular weight excluding hydrogens is 288 g/mol. The number of carbonyl (C=O) groups excluding carboxylic acids is 1. The van der Waals surface area contributed by atoms with Crippen molar-refractivity contribution in [2.24, 2.45) is 0 Å². The Morgan fingerprint density at radius 2 is 2.10 bits per heavy atom. The lowest BCUT2D eigenvalue weighted by Gasteiger charge is -2.20. The van der Waals surface area contributed by atoms with Gasteiger partial charge in [0.05, 0.1) is 19.3 Å². The Hall–Kier alpha value is -2.20. The molecule has 108 valence electrons. The summed E-state index contributed by atoms with van der Waals surface area (Å²) in [5.41, 5.74) is 9.70. The van der Waals surface area contributed by atoms with Crippen LogP contribution in [0.5, 0.6) is 5.75 Å². The smallest absolute Gasteiger partial charge is 0.259 e. The van der Waals surface area contributed by atoms with Crippen LogP contribution < -0.4 is 15.4 Å². The zero-order valence-electron chi connectivity index (χ0n) is 11.8. The molecule has 0 saturated carbocycles. The summed E-state index contributed by atoms with van der Waals surface area (Å²) < 4.78 is 5.36. The van der Waals surface area contributed by atoms with Crippen LogP contribution in [0.25, 0.3) is 0 Å². The number of nitrogens with two attached hydrogens (primary N) is 1. The molecule has 21 heavy (non-hydrogen) atoms. The highest BCUT2D eigenvalue weighted by atomic mass is 35.5. The highest BCUT2D eigenvalue weighted by molar-refractivity contribution is 6.31. The number of hydrogen-bond acceptors (Lipinski definition) is 3. The van der Waals surface area contributed by atoms with Gasteiger partial charge in [0.15, 0.2) is 0 Å². The molecule has 2 aromatic carbocycles. The number of ether oxygens (including phenoxy) is 1. The van der Waals surface area contributed by atoms with Crippen molar-refractivity contribution in [1.82, 2.24) is 0 Å². The maximum absolute atomic E-state index is 12.6. The molecule has 0 saturated heterocycles. The van der Waals surface area contributed by atoms with Crippen LogP contribution in [0.15, 0.2) is 30.3 Å². The van der Waals surface area contributed by atoms with Gasteiger partial charge in [-0.25, -0.2) is 0 Å². The summed E-state index contributed by atoms with van der Waals surface area (Å²) in [5.74, 6) is 0.502. The van der Waals surface area contributed by atoms with Crippen molar-refractivity contribution in [1.29, 1.82) is 0 Å². The number of nitrogen functional groups attached to an aromatic ring is 1. The number of anilines is 2. The Bertz CT molecular complexity index is 743. The van der Waals surface area contributed by atoms with Gasteiger partial charge in [-0.2, -0.15) is 0 Å². The molecule has 1 heterocycles. The molecule has 2 aromatic rings. The Kier molecular flexibility index (Phi) is 3.26. The fourth-order valence-electron chi connectivity index (χ4n) is 2.57. The van der Waals surface area contributed by atoms with E-state index in [2.05, 4.69) is 0 Å². The average Bonchev–Trinajstić information content (AvgIpc) is 2.80. The number of aryl methyl sites for hydroxylation is 1. The first-order valence-electron chi connectivity index (χ1n) is 6.56. The topological polar surface area (TPSA) is 55.6 Å². The largest absolute Gasteiger partial charge is 0.495 e. The molecule has 0 fully saturated rings. The number of fused-ring (bicyclic) bond motifs is 1. The van der Waals surface area contributed by atoms with Gasteiger partial charge >= 0.3 is 0 Å².